The average Bonchev–Trinajstić information content (AvgIpc) is 2.90. The summed E-state index contributed by atoms with van der Waals surface area (Å²) in [6.07, 6.45) is 5.03. The largest absolute Gasteiger partial charge is 0.330 e. The number of rotatable bonds is 2. The van der Waals surface area contributed by atoms with Crippen LogP contribution in [0.15, 0.2) is 40.1 Å². The molecule has 2 heterocycles. The summed E-state index contributed by atoms with van der Waals surface area (Å²) >= 11 is 1.56. The molecule has 0 aliphatic carbocycles. The molecule has 0 bridgehead atoms. The van der Waals surface area contributed by atoms with Crippen LogP contribution in [0.1, 0.15) is 10.6 Å². The van der Waals surface area contributed by atoms with Crippen LogP contribution in [0.3, 0.4) is 0 Å². The first-order valence-corrected chi connectivity index (χ1v) is 7.18. The molecule has 106 valence electrons. The third kappa shape index (κ3) is 2.45. The van der Waals surface area contributed by atoms with Crippen LogP contribution < -0.4 is 11.2 Å². The minimum absolute atomic E-state index is 0.310. The van der Waals surface area contributed by atoms with E-state index in [1.54, 1.807) is 30.5 Å². The molecule has 5 nitrogen and oxygen atoms in total. The lowest BCUT2D eigenvalue weighted by Gasteiger charge is -2.02. The fourth-order valence-corrected chi connectivity index (χ4v) is 2.94. The average molecular weight is 299 g/mol. The van der Waals surface area contributed by atoms with Gasteiger partial charge < -0.3 is 4.57 Å². The molecule has 0 saturated heterocycles. The fraction of sp³-hybridized carbons (Fsp3) is 0.133. The number of aryl methyl sites for hydroxylation is 1. The fourth-order valence-electron chi connectivity index (χ4n) is 2.07. The van der Waals surface area contributed by atoms with Gasteiger partial charge in [0.1, 0.15) is 5.01 Å². The van der Waals surface area contributed by atoms with E-state index in [0.29, 0.717) is 5.56 Å². The van der Waals surface area contributed by atoms with E-state index in [9.17, 15) is 9.59 Å². The van der Waals surface area contributed by atoms with E-state index < -0.39 is 0 Å². The molecule has 6 heteroatoms. The van der Waals surface area contributed by atoms with Gasteiger partial charge in [0.15, 0.2) is 0 Å². The van der Waals surface area contributed by atoms with Crippen molar-refractivity contribution >= 4 is 33.7 Å². The standard InChI is InChI=1S/C15H13N3O2S/c1-17-9-10(14(19)18(2)15(17)20)7-8-13-16-11-5-3-4-6-12(11)21-13/h3-9H,1-2H3/b8-7+. The third-order valence-electron chi connectivity index (χ3n) is 3.19. The van der Waals surface area contributed by atoms with Gasteiger partial charge in [0, 0.05) is 20.3 Å². The molecule has 0 radical (unpaired) electrons. The van der Waals surface area contributed by atoms with Crippen LogP contribution >= 0.6 is 11.3 Å². The van der Waals surface area contributed by atoms with Gasteiger partial charge in [0.05, 0.1) is 15.8 Å². The Kier molecular flexibility index (Phi) is 3.31. The van der Waals surface area contributed by atoms with E-state index in [1.165, 1.54) is 17.8 Å². The maximum Gasteiger partial charge on any atom is 0.330 e. The molecule has 21 heavy (non-hydrogen) atoms. The topological polar surface area (TPSA) is 56.9 Å². The zero-order valence-corrected chi connectivity index (χ0v) is 12.4. The molecule has 0 unspecified atom stereocenters. The predicted octanol–water partition coefficient (Wildman–Crippen LogP) is 1.86. The lowest BCUT2D eigenvalue weighted by atomic mass is 10.3. The summed E-state index contributed by atoms with van der Waals surface area (Å²) in [5.41, 5.74) is 0.752. The summed E-state index contributed by atoms with van der Waals surface area (Å²) < 4.78 is 3.59. The van der Waals surface area contributed by atoms with Gasteiger partial charge in [-0.15, -0.1) is 11.3 Å². The van der Waals surface area contributed by atoms with Gasteiger partial charge in [-0.1, -0.05) is 12.1 Å². The smallest absolute Gasteiger partial charge is 0.303 e. The van der Waals surface area contributed by atoms with Crippen molar-refractivity contribution in [2.24, 2.45) is 14.1 Å². The summed E-state index contributed by atoms with van der Waals surface area (Å²) in [5.74, 6) is 0. The molecule has 0 atom stereocenters. The Balaban J connectivity index is 2.03. The number of fused-ring (bicyclic) bond motifs is 1. The maximum absolute atomic E-state index is 12.0. The van der Waals surface area contributed by atoms with Gasteiger partial charge in [-0.25, -0.2) is 9.78 Å². The van der Waals surface area contributed by atoms with Crippen molar-refractivity contribution in [2.75, 3.05) is 0 Å². The molecule has 0 N–H and O–H groups in total. The number of para-hydroxylation sites is 1. The molecular formula is C15H13N3O2S. The zero-order valence-electron chi connectivity index (χ0n) is 11.6. The monoisotopic (exact) mass is 299 g/mol. The summed E-state index contributed by atoms with van der Waals surface area (Å²) in [7, 11) is 3.09. The van der Waals surface area contributed by atoms with Gasteiger partial charge in [-0.3, -0.25) is 9.36 Å². The van der Waals surface area contributed by atoms with Crippen molar-refractivity contribution in [3.8, 4) is 0 Å². The van der Waals surface area contributed by atoms with Gasteiger partial charge in [-0.05, 0) is 24.3 Å². The van der Waals surface area contributed by atoms with E-state index in [-0.39, 0.29) is 11.2 Å². The third-order valence-corrected chi connectivity index (χ3v) is 4.19. The van der Waals surface area contributed by atoms with Crippen LogP contribution in [-0.4, -0.2) is 14.1 Å². The van der Waals surface area contributed by atoms with Gasteiger partial charge in [-0.2, -0.15) is 0 Å². The van der Waals surface area contributed by atoms with Crippen molar-refractivity contribution < 1.29 is 0 Å². The minimum Gasteiger partial charge on any atom is -0.303 e. The van der Waals surface area contributed by atoms with Crippen molar-refractivity contribution in [1.82, 2.24) is 14.1 Å². The summed E-state index contributed by atoms with van der Waals surface area (Å²) in [5, 5.41) is 0.826. The minimum atomic E-state index is -0.336. The normalized spacial score (nSPS) is 11.5. The van der Waals surface area contributed by atoms with Crippen LogP contribution in [0.25, 0.3) is 22.4 Å². The number of thiazole rings is 1. The molecule has 0 fully saturated rings. The SMILES string of the molecule is Cn1cc(/C=C/c2nc3ccccc3s2)c(=O)n(C)c1=O. The van der Waals surface area contributed by atoms with E-state index >= 15 is 0 Å². The molecule has 0 amide bonds. The second-order valence-corrected chi connectivity index (χ2v) is 5.76. The Morgan fingerprint density at radius 2 is 1.90 bits per heavy atom. The van der Waals surface area contributed by atoms with Crippen molar-refractivity contribution in [1.29, 1.82) is 0 Å². The predicted molar refractivity (Wildman–Crippen MR) is 85.5 cm³/mol. The first-order valence-electron chi connectivity index (χ1n) is 6.36. The highest BCUT2D eigenvalue weighted by Gasteiger charge is 2.04. The Morgan fingerprint density at radius 1 is 1.14 bits per heavy atom. The van der Waals surface area contributed by atoms with Crippen molar-refractivity contribution in [2.45, 2.75) is 0 Å². The second kappa shape index (κ2) is 5.14. The summed E-state index contributed by atoms with van der Waals surface area (Å²) in [4.78, 5) is 28.1. The number of nitrogens with zero attached hydrogens (tertiary/aromatic N) is 3. The van der Waals surface area contributed by atoms with Crippen molar-refractivity contribution in [3.63, 3.8) is 0 Å². The molecule has 2 aromatic heterocycles. The molecule has 0 aliphatic heterocycles. The Morgan fingerprint density at radius 3 is 2.67 bits per heavy atom. The van der Waals surface area contributed by atoms with Crippen LogP contribution in [-0.2, 0) is 14.1 Å². The van der Waals surface area contributed by atoms with E-state index in [0.717, 1.165) is 19.8 Å². The molecular weight excluding hydrogens is 286 g/mol. The van der Waals surface area contributed by atoms with E-state index in [4.69, 9.17) is 0 Å². The highest BCUT2D eigenvalue weighted by Crippen LogP contribution is 2.22. The van der Waals surface area contributed by atoms with Crippen LogP contribution in [0.4, 0.5) is 0 Å². The summed E-state index contributed by atoms with van der Waals surface area (Å²) in [6.45, 7) is 0. The molecule has 0 saturated carbocycles. The Hall–Kier alpha value is -2.47. The molecule has 0 aliphatic rings. The lowest BCUT2D eigenvalue weighted by molar-refractivity contribution is 0.683. The molecule has 3 aromatic rings. The first kappa shape index (κ1) is 13.5. The second-order valence-electron chi connectivity index (χ2n) is 4.70. The molecule has 0 spiro atoms. The Labute approximate surface area is 124 Å². The van der Waals surface area contributed by atoms with E-state index in [2.05, 4.69) is 4.98 Å². The molecule has 1 aromatic carbocycles. The summed E-state index contributed by atoms with van der Waals surface area (Å²) in [6, 6.07) is 7.87. The van der Waals surface area contributed by atoms with Crippen molar-refractivity contribution in [3.05, 3.63) is 61.9 Å². The zero-order chi connectivity index (χ0) is 15.0. The van der Waals surface area contributed by atoms with Gasteiger partial charge in [0.25, 0.3) is 5.56 Å². The number of aromatic nitrogens is 3. The van der Waals surface area contributed by atoms with E-state index in [1.807, 2.05) is 24.3 Å². The Bertz CT molecular complexity index is 930. The van der Waals surface area contributed by atoms with Gasteiger partial charge in [0.2, 0.25) is 0 Å². The molecule has 3 rings (SSSR count). The van der Waals surface area contributed by atoms with Crippen LogP contribution in [0.2, 0.25) is 0 Å². The van der Waals surface area contributed by atoms with Crippen LogP contribution in [0.5, 0.6) is 0 Å². The number of hydrogen-bond donors (Lipinski definition) is 0. The maximum atomic E-state index is 12.0. The number of hydrogen-bond acceptors (Lipinski definition) is 4. The lowest BCUT2D eigenvalue weighted by Crippen LogP contribution is -2.37. The van der Waals surface area contributed by atoms with Crippen LogP contribution in [0, 0.1) is 0 Å². The van der Waals surface area contributed by atoms with Gasteiger partial charge >= 0.3 is 5.69 Å². The number of benzene rings is 1. The first-order chi connectivity index (χ1) is 10.1. The quantitative estimate of drug-likeness (QED) is 0.726. The highest BCUT2D eigenvalue weighted by molar-refractivity contribution is 7.19. The highest BCUT2D eigenvalue weighted by atomic mass is 32.1.